The molecule has 5 heteroatoms. The number of nitrogens with zero attached hydrogens (tertiary/aromatic N) is 3. The van der Waals surface area contributed by atoms with Crippen molar-refractivity contribution in [3.63, 3.8) is 0 Å². The molecule has 1 atom stereocenters. The van der Waals surface area contributed by atoms with Crippen molar-refractivity contribution in [3.05, 3.63) is 65.5 Å². The lowest BCUT2D eigenvalue weighted by molar-refractivity contribution is -0.113. The molecule has 0 aliphatic carbocycles. The van der Waals surface area contributed by atoms with Crippen LogP contribution in [0.1, 0.15) is 38.7 Å². The summed E-state index contributed by atoms with van der Waals surface area (Å²) in [4.78, 5) is 18.3. The number of carbonyl (C=O) groups excluding carboxylic acids is 1. The lowest BCUT2D eigenvalue weighted by Gasteiger charge is -2.23. The maximum Gasteiger partial charge on any atom is 0.250 e. The Morgan fingerprint density at radius 3 is 2.43 bits per heavy atom. The first-order chi connectivity index (χ1) is 14.3. The van der Waals surface area contributed by atoms with Crippen molar-refractivity contribution in [2.45, 2.75) is 32.2 Å². The molecule has 0 bridgehead atoms. The zero-order valence-electron chi connectivity index (χ0n) is 18.6. The first-order valence-corrected chi connectivity index (χ1v) is 10.5. The molecule has 0 N–H and O–H groups in total. The summed E-state index contributed by atoms with van der Waals surface area (Å²) < 4.78 is 14.8. The largest absolute Gasteiger partial charge is 0.368 e. The van der Waals surface area contributed by atoms with Gasteiger partial charge in [0.05, 0.1) is 5.69 Å². The van der Waals surface area contributed by atoms with Gasteiger partial charge in [-0.25, -0.2) is 4.39 Å². The average Bonchev–Trinajstić information content (AvgIpc) is 3.22. The maximum absolute atomic E-state index is 14.8. The van der Waals surface area contributed by atoms with E-state index < -0.39 is 0 Å². The zero-order valence-corrected chi connectivity index (χ0v) is 18.6. The van der Waals surface area contributed by atoms with E-state index in [4.69, 9.17) is 0 Å². The predicted octanol–water partition coefficient (Wildman–Crippen LogP) is 5.01. The van der Waals surface area contributed by atoms with Crippen molar-refractivity contribution in [2.24, 2.45) is 0 Å². The number of likely N-dealkylation sites (N-methyl/N-ethyl adjacent to an activating group) is 2. The molecule has 0 aromatic heterocycles. The summed E-state index contributed by atoms with van der Waals surface area (Å²) in [6.07, 6.45) is 4.34. The van der Waals surface area contributed by atoms with Crippen LogP contribution in [0.2, 0.25) is 0 Å². The van der Waals surface area contributed by atoms with Gasteiger partial charge in [-0.15, -0.1) is 0 Å². The fourth-order valence-electron chi connectivity index (χ4n) is 3.74. The predicted molar refractivity (Wildman–Crippen MR) is 126 cm³/mol. The van der Waals surface area contributed by atoms with Crippen LogP contribution in [-0.2, 0) is 4.79 Å². The monoisotopic (exact) mass is 411 g/mol. The van der Waals surface area contributed by atoms with Gasteiger partial charge < -0.3 is 14.7 Å². The SMILES string of the molecule is CC(C)c1ccc(/C=C/C(=O)N(C)c2ccc(N3CCC(N(C)C)C3)c(F)c2)cc1.[HH]. The summed E-state index contributed by atoms with van der Waals surface area (Å²) in [5.41, 5.74) is 3.38. The van der Waals surface area contributed by atoms with E-state index in [9.17, 15) is 9.18 Å². The van der Waals surface area contributed by atoms with E-state index in [0.29, 0.717) is 23.3 Å². The summed E-state index contributed by atoms with van der Waals surface area (Å²) in [6.45, 7) is 5.96. The Balaban J connectivity index is 0.00000341. The molecule has 0 radical (unpaired) electrons. The number of carbonyl (C=O) groups is 1. The Hall–Kier alpha value is -2.66. The van der Waals surface area contributed by atoms with Gasteiger partial charge in [0.2, 0.25) is 0 Å². The molecule has 4 nitrogen and oxygen atoms in total. The lowest BCUT2D eigenvalue weighted by Crippen LogP contribution is -2.31. The van der Waals surface area contributed by atoms with Crippen molar-refractivity contribution in [1.82, 2.24) is 4.90 Å². The smallest absolute Gasteiger partial charge is 0.250 e. The minimum Gasteiger partial charge on any atom is -0.368 e. The average molecular weight is 412 g/mol. The molecule has 1 fully saturated rings. The fraction of sp³-hybridized carbons (Fsp3) is 0.400. The van der Waals surface area contributed by atoms with Crippen LogP contribution >= 0.6 is 0 Å². The maximum atomic E-state index is 14.8. The second-order valence-electron chi connectivity index (χ2n) is 8.54. The molecular formula is C25H34FN3O. The summed E-state index contributed by atoms with van der Waals surface area (Å²) in [7, 11) is 5.78. The standard InChI is InChI=1S/C25H32FN3O.H2/c1-18(2)20-9-6-19(7-10-20)8-13-25(30)28(5)21-11-12-24(23(26)16-21)29-15-14-22(17-29)27(3)4;/h6-13,16,18,22H,14-15,17H2,1-5H3;1H/b13-8+;. The Morgan fingerprint density at radius 2 is 1.87 bits per heavy atom. The second kappa shape index (κ2) is 9.43. The van der Waals surface area contributed by atoms with Gasteiger partial charge in [-0.2, -0.15) is 0 Å². The van der Waals surface area contributed by atoms with Crippen LogP contribution in [0.4, 0.5) is 15.8 Å². The van der Waals surface area contributed by atoms with Crippen LogP contribution in [0.25, 0.3) is 6.08 Å². The highest BCUT2D eigenvalue weighted by Crippen LogP contribution is 2.28. The topological polar surface area (TPSA) is 26.8 Å². The summed E-state index contributed by atoms with van der Waals surface area (Å²) in [5.74, 6) is -0.00766. The summed E-state index contributed by atoms with van der Waals surface area (Å²) in [6, 6.07) is 13.6. The second-order valence-corrected chi connectivity index (χ2v) is 8.54. The van der Waals surface area contributed by atoms with Crippen LogP contribution in [0.3, 0.4) is 0 Å². The van der Waals surface area contributed by atoms with Gasteiger partial charge in [0, 0.05) is 39.4 Å². The van der Waals surface area contributed by atoms with Gasteiger partial charge in [0.15, 0.2) is 0 Å². The molecule has 162 valence electrons. The molecule has 3 rings (SSSR count). The van der Waals surface area contributed by atoms with Gasteiger partial charge >= 0.3 is 0 Å². The highest BCUT2D eigenvalue weighted by Gasteiger charge is 2.26. The van der Waals surface area contributed by atoms with E-state index in [0.717, 1.165) is 25.1 Å². The number of rotatable bonds is 6. The molecule has 1 aliphatic heterocycles. The van der Waals surface area contributed by atoms with E-state index >= 15 is 0 Å². The van der Waals surface area contributed by atoms with Crippen molar-refractivity contribution >= 4 is 23.4 Å². The number of benzene rings is 2. The molecule has 2 aromatic rings. The Bertz CT molecular complexity index is 911. The molecule has 1 aliphatic rings. The molecule has 0 spiro atoms. The van der Waals surface area contributed by atoms with Gasteiger partial charge in [-0.3, -0.25) is 4.79 Å². The Labute approximate surface area is 181 Å². The highest BCUT2D eigenvalue weighted by atomic mass is 19.1. The van der Waals surface area contributed by atoms with Gasteiger partial charge in [0.1, 0.15) is 5.82 Å². The molecule has 0 saturated carbocycles. The van der Waals surface area contributed by atoms with E-state index in [-0.39, 0.29) is 13.2 Å². The van der Waals surface area contributed by atoms with Crippen molar-refractivity contribution in [3.8, 4) is 0 Å². The van der Waals surface area contributed by atoms with Crippen LogP contribution in [0, 0.1) is 5.82 Å². The van der Waals surface area contributed by atoms with E-state index in [1.165, 1.54) is 22.6 Å². The number of anilines is 2. The van der Waals surface area contributed by atoms with E-state index in [1.54, 1.807) is 19.2 Å². The van der Waals surface area contributed by atoms with Gasteiger partial charge in [-0.05, 0) is 61.8 Å². The highest BCUT2D eigenvalue weighted by molar-refractivity contribution is 6.03. The van der Waals surface area contributed by atoms with Crippen LogP contribution < -0.4 is 9.80 Å². The quantitative estimate of drug-likeness (QED) is 0.625. The van der Waals surface area contributed by atoms with Crippen molar-refractivity contribution < 1.29 is 10.6 Å². The number of hydrogen-bond acceptors (Lipinski definition) is 3. The molecule has 1 unspecified atom stereocenters. The lowest BCUT2D eigenvalue weighted by atomic mass is 10.0. The summed E-state index contributed by atoms with van der Waals surface area (Å²) >= 11 is 0. The number of hydrogen-bond donors (Lipinski definition) is 0. The van der Waals surface area contributed by atoms with Gasteiger partial charge in [-0.1, -0.05) is 38.1 Å². The van der Waals surface area contributed by atoms with Gasteiger partial charge in [0.25, 0.3) is 5.91 Å². The van der Waals surface area contributed by atoms with Crippen molar-refractivity contribution in [1.29, 1.82) is 0 Å². The van der Waals surface area contributed by atoms with Crippen LogP contribution in [0.5, 0.6) is 0 Å². The molecule has 1 amide bonds. The van der Waals surface area contributed by atoms with Crippen LogP contribution in [0.15, 0.2) is 48.5 Å². The first-order valence-electron chi connectivity index (χ1n) is 10.5. The molecule has 1 heterocycles. The van der Waals surface area contributed by atoms with E-state index in [1.807, 2.05) is 18.2 Å². The normalized spacial score (nSPS) is 16.8. The third-order valence-corrected chi connectivity index (χ3v) is 5.90. The number of halogens is 1. The zero-order chi connectivity index (χ0) is 21.8. The fourth-order valence-corrected chi connectivity index (χ4v) is 3.74. The third-order valence-electron chi connectivity index (χ3n) is 5.90. The van der Waals surface area contributed by atoms with E-state index in [2.05, 4.69) is 49.9 Å². The summed E-state index contributed by atoms with van der Waals surface area (Å²) in [5, 5.41) is 0. The molecular weight excluding hydrogens is 377 g/mol. The van der Waals surface area contributed by atoms with Crippen molar-refractivity contribution in [2.75, 3.05) is 44.0 Å². The molecule has 1 saturated heterocycles. The Kier molecular flexibility index (Phi) is 6.93. The molecule has 30 heavy (non-hydrogen) atoms. The Morgan fingerprint density at radius 1 is 1.17 bits per heavy atom. The van der Waals surface area contributed by atoms with Crippen LogP contribution in [-0.4, -0.2) is 51.1 Å². The first kappa shape index (κ1) is 22.0. The molecule has 2 aromatic carbocycles. The minimum absolute atomic E-state index is 0. The third kappa shape index (κ3) is 5.08. The number of amides is 1. The minimum atomic E-state index is -0.292.